The van der Waals surface area contributed by atoms with Crippen LogP contribution in [-0.4, -0.2) is 15.8 Å². The molecule has 146 valence electrons. The van der Waals surface area contributed by atoms with Gasteiger partial charge in [0.05, 0.1) is 11.4 Å². The highest BCUT2D eigenvalue weighted by Gasteiger charge is 2.21. The van der Waals surface area contributed by atoms with Crippen LogP contribution < -0.4 is 10.6 Å². The van der Waals surface area contributed by atoms with Crippen molar-refractivity contribution in [1.29, 1.82) is 0 Å². The van der Waals surface area contributed by atoms with Gasteiger partial charge in [0.25, 0.3) is 0 Å². The van der Waals surface area contributed by atoms with Crippen molar-refractivity contribution >= 4 is 29.1 Å². The number of nitrogens with one attached hydrogen (secondary N) is 2. The summed E-state index contributed by atoms with van der Waals surface area (Å²) in [6.45, 7) is 8.40. The van der Waals surface area contributed by atoms with Gasteiger partial charge in [-0.15, -0.1) is 0 Å². The summed E-state index contributed by atoms with van der Waals surface area (Å²) in [6, 6.07) is 16.7. The molecule has 0 spiro atoms. The summed E-state index contributed by atoms with van der Waals surface area (Å²) in [4.78, 5) is 12.5. The molecule has 0 aliphatic heterocycles. The molecule has 0 atom stereocenters. The van der Waals surface area contributed by atoms with Crippen LogP contribution in [0.1, 0.15) is 39.0 Å². The molecule has 0 aliphatic rings. The van der Waals surface area contributed by atoms with E-state index >= 15 is 0 Å². The quantitative estimate of drug-likeness (QED) is 0.565. The van der Waals surface area contributed by atoms with Crippen molar-refractivity contribution in [3.63, 3.8) is 0 Å². The van der Waals surface area contributed by atoms with Crippen molar-refractivity contribution in [2.45, 2.75) is 39.5 Å². The molecule has 0 aliphatic carbocycles. The van der Waals surface area contributed by atoms with Crippen LogP contribution in [-0.2, 0) is 11.8 Å². The lowest BCUT2D eigenvalue weighted by atomic mass is 9.92. The first-order chi connectivity index (χ1) is 13.3. The lowest BCUT2D eigenvalue weighted by Crippen LogP contribution is -2.21. The van der Waals surface area contributed by atoms with Gasteiger partial charge < -0.3 is 5.32 Å². The second-order valence-corrected chi connectivity index (χ2v) is 8.12. The van der Waals surface area contributed by atoms with Gasteiger partial charge in [-0.2, -0.15) is 5.10 Å². The first kappa shape index (κ1) is 20.0. The summed E-state index contributed by atoms with van der Waals surface area (Å²) in [6.07, 6.45) is 0.932. The van der Waals surface area contributed by atoms with Crippen LogP contribution in [0, 0.1) is 0 Å². The Labute approximate surface area is 170 Å². The van der Waals surface area contributed by atoms with Crippen LogP contribution in [0.15, 0.2) is 54.6 Å². The number of nitrogens with zero attached hydrogens (tertiary/aromatic N) is 2. The fourth-order valence-electron chi connectivity index (χ4n) is 2.75. The first-order valence-corrected chi connectivity index (χ1v) is 9.67. The van der Waals surface area contributed by atoms with E-state index in [4.69, 9.17) is 16.7 Å². The zero-order valence-electron chi connectivity index (χ0n) is 16.6. The van der Waals surface area contributed by atoms with Crippen molar-refractivity contribution in [3.05, 3.63) is 70.9 Å². The van der Waals surface area contributed by atoms with E-state index in [0.29, 0.717) is 16.5 Å². The minimum Gasteiger partial charge on any atom is -0.308 e. The molecule has 0 bridgehead atoms. The average molecular weight is 397 g/mol. The van der Waals surface area contributed by atoms with Gasteiger partial charge in [0.15, 0.2) is 0 Å². The summed E-state index contributed by atoms with van der Waals surface area (Å²) in [5.41, 5.74) is 3.54. The van der Waals surface area contributed by atoms with Crippen LogP contribution in [0.3, 0.4) is 0 Å². The van der Waals surface area contributed by atoms with Gasteiger partial charge >= 0.3 is 6.03 Å². The standard InChI is InChI=1S/C22H25ClN4O/c1-5-15-7-6-8-18(13-15)27-20(14-19(26-27)22(2,3)4)25-21(28)24-17-11-9-16(23)10-12-17/h6-14H,5H2,1-4H3,(H2,24,25,28). The SMILES string of the molecule is CCc1cccc(-n2nc(C(C)(C)C)cc2NC(=O)Nc2ccc(Cl)cc2)c1. The van der Waals surface area contributed by atoms with Crippen LogP contribution in [0.4, 0.5) is 16.3 Å². The number of anilines is 2. The number of benzene rings is 2. The van der Waals surface area contributed by atoms with Gasteiger partial charge in [0.1, 0.15) is 5.82 Å². The zero-order chi connectivity index (χ0) is 20.3. The van der Waals surface area contributed by atoms with Crippen LogP contribution in [0.25, 0.3) is 5.69 Å². The van der Waals surface area contributed by atoms with E-state index in [1.54, 1.807) is 28.9 Å². The molecular weight excluding hydrogens is 372 g/mol. The maximum Gasteiger partial charge on any atom is 0.324 e. The molecule has 6 heteroatoms. The average Bonchev–Trinajstić information content (AvgIpc) is 3.08. The Bertz CT molecular complexity index is 971. The van der Waals surface area contributed by atoms with Crippen LogP contribution in [0.2, 0.25) is 5.02 Å². The van der Waals surface area contributed by atoms with E-state index in [0.717, 1.165) is 17.8 Å². The minimum atomic E-state index is -0.337. The number of hydrogen-bond acceptors (Lipinski definition) is 2. The van der Waals surface area contributed by atoms with E-state index in [-0.39, 0.29) is 11.4 Å². The van der Waals surface area contributed by atoms with Gasteiger partial charge in [-0.25, -0.2) is 9.48 Å². The number of amides is 2. The smallest absolute Gasteiger partial charge is 0.308 e. The van der Waals surface area contributed by atoms with Crippen molar-refractivity contribution < 1.29 is 4.79 Å². The highest BCUT2D eigenvalue weighted by Crippen LogP contribution is 2.27. The molecular formula is C22H25ClN4O. The van der Waals surface area contributed by atoms with E-state index < -0.39 is 0 Å². The molecule has 2 amide bonds. The predicted octanol–water partition coefficient (Wildman–Crippen LogP) is 6.03. The van der Waals surface area contributed by atoms with Gasteiger partial charge in [-0.3, -0.25) is 5.32 Å². The Morgan fingerprint density at radius 1 is 1.07 bits per heavy atom. The molecule has 3 rings (SSSR count). The Kier molecular flexibility index (Phi) is 5.75. The Balaban J connectivity index is 1.91. The predicted molar refractivity (Wildman–Crippen MR) is 116 cm³/mol. The van der Waals surface area contributed by atoms with Gasteiger partial charge in [-0.1, -0.05) is 51.4 Å². The van der Waals surface area contributed by atoms with Crippen molar-refractivity contribution in [2.75, 3.05) is 10.6 Å². The Morgan fingerprint density at radius 3 is 2.43 bits per heavy atom. The molecule has 0 fully saturated rings. The molecule has 1 aromatic heterocycles. The number of halogens is 1. The Morgan fingerprint density at radius 2 is 1.79 bits per heavy atom. The molecule has 0 radical (unpaired) electrons. The number of aromatic nitrogens is 2. The second-order valence-electron chi connectivity index (χ2n) is 7.69. The van der Waals surface area contributed by atoms with Crippen molar-refractivity contribution in [1.82, 2.24) is 9.78 Å². The third kappa shape index (κ3) is 4.73. The fraction of sp³-hybridized carbons (Fsp3) is 0.273. The number of carbonyl (C=O) groups excluding carboxylic acids is 1. The molecule has 2 aromatic carbocycles. The summed E-state index contributed by atoms with van der Waals surface area (Å²) in [5, 5.41) is 11.1. The summed E-state index contributed by atoms with van der Waals surface area (Å²) >= 11 is 5.90. The lowest BCUT2D eigenvalue weighted by molar-refractivity contribution is 0.262. The van der Waals surface area contributed by atoms with Crippen molar-refractivity contribution in [3.8, 4) is 5.69 Å². The van der Waals surface area contributed by atoms with E-state index in [2.05, 4.69) is 50.5 Å². The Hall–Kier alpha value is -2.79. The topological polar surface area (TPSA) is 59.0 Å². The molecule has 3 aromatic rings. The number of hydrogen-bond donors (Lipinski definition) is 2. The monoisotopic (exact) mass is 396 g/mol. The van der Waals surface area contributed by atoms with Gasteiger partial charge in [0.2, 0.25) is 0 Å². The van der Waals surface area contributed by atoms with E-state index in [1.807, 2.05) is 18.2 Å². The maximum atomic E-state index is 12.5. The van der Waals surface area contributed by atoms with Gasteiger partial charge in [0, 0.05) is 22.2 Å². The second kappa shape index (κ2) is 8.07. The summed E-state index contributed by atoms with van der Waals surface area (Å²) < 4.78 is 1.78. The largest absolute Gasteiger partial charge is 0.324 e. The summed E-state index contributed by atoms with van der Waals surface area (Å²) in [7, 11) is 0. The maximum absolute atomic E-state index is 12.5. The van der Waals surface area contributed by atoms with Crippen LogP contribution >= 0.6 is 11.6 Å². The third-order valence-electron chi connectivity index (χ3n) is 4.38. The van der Waals surface area contributed by atoms with E-state index in [9.17, 15) is 4.79 Å². The fourth-order valence-corrected chi connectivity index (χ4v) is 2.88. The molecule has 0 saturated heterocycles. The molecule has 1 heterocycles. The normalized spacial score (nSPS) is 11.3. The highest BCUT2D eigenvalue weighted by atomic mass is 35.5. The van der Waals surface area contributed by atoms with Crippen molar-refractivity contribution in [2.24, 2.45) is 0 Å². The number of carbonyl (C=O) groups is 1. The first-order valence-electron chi connectivity index (χ1n) is 9.29. The molecule has 28 heavy (non-hydrogen) atoms. The zero-order valence-corrected chi connectivity index (χ0v) is 17.3. The van der Waals surface area contributed by atoms with Gasteiger partial charge in [-0.05, 0) is 48.4 Å². The number of urea groups is 1. The molecule has 5 nitrogen and oxygen atoms in total. The lowest BCUT2D eigenvalue weighted by Gasteiger charge is -2.14. The minimum absolute atomic E-state index is 0.142. The number of aryl methyl sites for hydroxylation is 1. The van der Waals surface area contributed by atoms with Crippen LogP contribution in [0.5, 0.6) is 0 Å². The molecule has 0 unspecified atom stereocenters. The molecule has 2 N–H and O–H groups in total. The highest BCUT2D eigenvalue weighted by molar-refractivity contribution is 6.30. The van der Waals surface area contributed by atoms with E-state index in [1.165, 1.54) is 5.56 Å². The third-order valence-corrected chi connectivity index (χ3v) is 4.64. The molecule has 0 saturated carbocycles. The summed E-state index contributed by atoms with van der Waals surface area (Å²) in [5.74, 6) is 0.615. The number of rotatable bonds is 4.